The molecule has 1 N–H and O–H groups in total. The lowest BCUT2D eigenvalue weighted by Gasteiger charge is -2.13. The average Bonchev–Trinajstić information content (AvgIpc) is 2.98. The third-order valence-corrected chi connectivity index (χ3v) is 6.14. The molecule has 3 aromatic rings. The Morgan fingerprint density at radius 1 is 0.650 bits per heavy atom. The van der Waals surface area contributed by atoms with Crippen molar-refractivity contribution in [1.29, 1.82) is 0 Å². The number of hydrogen-bond acceptors (Lipinski definition) is 9. The molecule has 0 spiro atoms. The lowest BCUT2D eigenvalue weighted by atomic mass is 10.0. The van der Waals surface area contributed by atoms with Crippen molar-refractivity contribution in [3.63, 3.8) is 0 Å². The SMILES string of the molecule is COc1cc(C/C=C\C(=O)c2cc(OC)c(OC)c(OC)c2)c(/C=C\c2cc(OC)c(OC)c(OC)c2)cc1O. The van der Waals surface area contributed by atoms with Gasteiger partial charge in [0.05, 0.1) is 49.8 Å². The molecule has 0 aliphatic carbocycles. The van der Waals surface area contributed by atoms with Crippen LogP contribution in [0.2, 0.25) is 0 Å². The van der Waals surface area contributed by atoms with Crippen LogP contribution in [-0.2, 0) is 6.42 Å². The summed E-state index contributed by atoms with van der Waals surface area (Å²) in [5, 5.41) is 10.4. The summed E-state index contributed by atoms with van der Waals surface area (Å²) >= 11 is 0. The van der Waals surface area contributed by atoms with E-state index in [9.17, 15) is 9.90 Å². The van der Waals surface area contributed by atoms with Gasteiger partial charge in [-0.1, -0.05) is 18.2 Å². The molecule has 0 saturated carbocycles. The highest BCUT2D eigenvalue weighted by Gasteiger charge is 2.16. The van der Waals surface area contributed by atoms with Gasteiger partial charge >= 0.3 is 0 Å². The zero-order valence-electron chi connectivity index (χ0n) is 23.7. The topological polar surface area (TPSA) is 102 Å². The number of ketones is 1. The number of carbonyl (C=O) groups is 1. The lowest BCUT2D eigenvalue weighted by molar-refractivity contribution is 0.104. The van der Waals surface area contributed by atoms with Crippen LogP contribution in [0.15, 0.2) is 48.6 Å². The Bertz CT molecular complexity index is 1360. The summed E-state index contributed by atoms with van der Waals surface area (Å²) in [5.41, 5.74) is 2.74. The fraction of sp³-hybridized carbons (Fsp3) is 0.258. The molecule has 0 fully saturated rings. The number of carbonyl (C=O) groups excluding carboxylic acids is 1. The van der Waals surface area contributed by atoms with Gasteiger partial charge < -0.3 is 38.3 Å². The Balaban J connectivity index is 1.92. The van der Waals surface area contributed by atoms with E-state index in [1.165, 1.54) is 34.5 Å². The van der Waals surface area contributed by atoms with Crippen LogP contribution < -0.4 is 33.2 Å². The summed E-state index contributed by atoms with van der Waals surface area (Å²) in [7, 11) is 10.6. The Morgan fingerprint density at radius 2 is 1.15 bits per heavy atom. The Labute approximate surface area is 234 Å². The highest BCUT2D eigenvalue weighted by molar-refractivity contribution is 6.05. The number of allylic oxidation sites excluding steroid dienone is 2. The number of phenolic OH excluding ortho intramolecular Hbond substituents is 1. The van der Waals surface area contributed by atoms with E-state index in [4.69, 9.17) is 33.2 Å². The van der Waals surface area contributed by atoms with Gasteiger partial charge in [-0.2, -0.15) is 0 Å². The van der Waals surface area contributed by atoms with E-state index in [2.05, 4.69) is 0 Å². The number of methoxy groups -OCH3 is 7. The van der Waals surface area contributed by atoms with Crippen molar-refractivity contribution in [2.75, 3.05) is 49.8 Å². The summed E-state index contributed by atoms with van der Waals surface area (Å²) in [4.78, 5) is 13.0. The first kappa shape index (κ1) is 29.8. The molecule has 40 heavy (non-hydrogen) atoms. The monoisotopic (exact) mass is 550 g/mol. The first-order valence-corrected chi connectivity index (χ1v) is 12.2. The third kappa shape index (κ3) is 6.61. The molecule has 3 aromatic carbocycles. The summed E-state index contributed by atoms with van der Waals surface area (Å²) < 4.78 is 37.6. The quantitative estimate of drug-likeness (QED) is 0.165. The first-order valence-electron chi connectivity index (χ1n) is 12.2. The Morgan fingerprint density at radius 3 is 1.62 bits per heavy atom. The lowest BCUT2D eigenvalue weighted by Crippen LogP contribution is -2.01. The Hall–Kier alpha value is -4.79. The number of phenols is 1. The van der Waals surface area contributed by atoms with Crippen molar-refractivity contribution in [3.8, 4) is 46.0 Å². The number of hydrogen-bond donors (Lipinski definition) is 1. The molecule has 0 radical (unpaired) electrons. The van der Waals surface area contributed by atoms with Crippen molar-refractivity contribution < 1.29 is 43.1 Å². The highest BCUT2D eigenvalue weighted by Crippen LogP contribution is 2.40. The molecular weight excluding hydrogens is 516 g/mol. The summed E-state index contributed by atoms with van der Waals surface area (Å²) in [6, 6.07) is 10.2. The summed E-state index contributed by atoms with van der Waals surface area (Å²) in [5.74, 6) is 2.80. The number of aromatic hydroxyl groups is 1. The van der Waals surface area contributed by atoms with Crippen LogP contribution in [0.3, 0.4) is 0 Å². The molecule has 0 aliphatic rings. The van der Waals surface area contributed by atoms with Gasteiger partial charge in [-0.3, -0.25) is 4.79 Å². The largest absolute Gasteiger partial charge is 0.504 e. The second-order valence-electron chi connectivity index (χ2n) is 8.40. The van der Waals surface area contributed by atoms with Crippen LogP contribution in [0.1, 0.15) is 27.0 Å². The van der Waals surface area contributed by atoms with E-state index in [1.807, 2.05) is 24.3 Å². The molecule has 3 rings (SSSR count). The third-order valence-electron chi connectivity index (χ3n) is 6.14. The summed E-state index contributed by atoms with van der Waals surface area (Å²) in [6.07, 6.45) is 7.33. The normalized spacial score (nSPS) is 11.0. The molecule has 0 aliphatic heterocycles. The highest BCUT2D eigenvalue weighted by atomic mass is 16.5. The van der Waals surface area contributed by atoms with Gasteiger partial charge in [-0.25, -0.2) is 0 Å². The van der Waals surface area contributed by atoms with E-state index in [1.54, 1.807) is 51.7 Å². The zero-order valence-corrected chi connectivity index (χ0v) is 23.7. The van der Waals surface area contributed by atoms with Crippen LogP contribution in [0.25, 0.3) is 12.2 Å². The minimum atomic E-state index is -0.237. The molecule has 0 heterocycles. The molecule has 212 valence electrons. The second-order valence-corrected chi connectivity index (χ2v) is 8.40. The minimum absolute atomic E-state index is 0.00623. The number of ether oxygens (including phenoxy) is 7. The molecule has 0 aromatic heterocycles. The molecule has 9 heteroatoms. The molecule has 0 saturated heterocycles. The van der Waals surface area contributed by atoms with Crippen molar-refractivity contribution in [1.82, 2.24) is 0 Å². The van der Waals surface area contributed by atoms with Gasteiger partial charge in [0.2, 0.25) is 11.5 Å². The minimum Gasteiger partial charge on any atom is -0.504 e. The van der Waals surface area contributed by atoms with Crippen LogP contribution in [0, 0.1) is 0 Å². The van der Waals surface area contributed by atoms with Gasteiger partial charge in [0, 0.05) is 5.56 Å². The van der Waals surface area contributed by atoms with E-state index in [-0.39, 0.29) is 11.5 Å². The predicted molar refractivity (Wildman–Crippen MR) is 153 cm³/mol. The molecule has 0 amide bonds. The molecule has 0 atom stereocenters. The van der Waals surface area contributed by atoms with Gasteiger partial charge in [0.15, 0.2) is 40.3 Å². The van der Waals surface area contributed by atoms with Crippen LogP contribution in [0.5, 0.6) is 46.0 Å². The maximum Gasteiger partial charge on any atom is 0.203 e. The molecule has 0 unspecified atom stereocenters. The van der Waals surface area contributed by atoms with Crippen LogP contribution in [-0.4, -0.2) is 60.7 Å². The fourth-order valence-corrected chi connectivity index (χ4v) is 4.12. The van der Waals surface area contributed by atoms with E-state index in [0.29, 0.717) is 52.2 Å². The second kappa shape index (κ2) is 13.8. The average molecular weight is 551 g/mol. The predicted octanol–water partition coefficient (Wildman–Crippen LogP) is 5.60. The fourth-order valence-electron chi connectivity index (χ4n) is 4.12. The number of benzene rings is 3. The van der Waals surface area contributed by atoms with E-state index >= 15 is 0 Å². The van der Waals surface area contributed by atoms with Gasteiger partial charge in [0.25, 0.3) is 0 Å². The zero-order chi connectivity index (χ0) is 29.2. The van der Waals surface area contributed by atoms with E-state index in [0.717, 1.165) is 16.7 Å². The maximum atomic E-state index is 13.0. The Kier molecular flexibility index (Phi) is 10.3. The van der Waals surface area contributed by atoms with Crippen LogP contribution >= 0.6 is 0 Å². The molecule has 0 bridgehead atoms. The van der Waals surface area contributed by atoms with Gasteiger partial charge in [-0.05, 0) is 65.6 Å². The maximum absolute atomic E-state index is 13.0. The molecule has 9 nitrogen and oxygen atoms in total. The van der Waals surface area contributed by atoms with Crippen LogP contribution in [0.4, 0.5) is 0 Å². The van der Waals surface area contributed by atoms with Gasteiger partial charge in [0.1, 0.15) is 0 Å². The smallest absolute Gasteiger partial charge is 0.203 e. The molecular formula is C31H34O9. The summed E-state index contributed by atoms with van der Waals surface area (Å²) in [6.45, 7) is 0. The first-order chi connectivity index (χ1) is 19.3. The number of rotatable bonds is 13. The van der Waals surface area contributed by atoms with Crippen molar-refractivity contribution in [3.05, 3.63) is 70.8 Å². The van der Waals surface area contributed by atoms with Gasteiger partial charge in [-0.15, -0.1) is 0 Å². The standard InChI is InChI=1S/C31H34O9/c1-34-25-16-20(9-8-10-23(32)22-17-28(37-4)31(40-7)29(18-22)38-5)21(15-24(25)33)12-11-19-13-26(35-2)30(39-6)27(14-19)36-3/h8,10-18,33H,9H2,1-7H3/b10-8-,12-11-. The van der Waals surface area contributed by atoms with E-state index < -0.39 is 0 Å². The van der Waals surface area contributed by atoms with Crippen molar-refractivity contribution >= 4 is 17.9 Å². The van der Waals surface area contributed by atoms with Crippen molar-refractivity contribution in [2.45, 2.75) is 6.42 Å². The van der Waals surface area contributed by atoms with Crippen molar-refractivity contribution in [2.24, 2.45) is 0 Å².